The molecule has 1 aromatic carbocycles. The summed E-state index contributed by atoms with van der Waals surface area (Å²) in [4.78, 5) is 11.5. The first-order chi connectivity index (χ1) is 9.22. The molecule has 2 N–H and O–H groups in total. The number of benzene rings is 1. The number of hydrogen-bond donors (Lipinski definition) is 2. The van der Waals surface area contributed by atoms with E-state index in [1.165, 1.54) is 0 Å². The Bertz CT molecular complexity index is 482. The molecule has 2 aliphatic rings. The third-order valence-corrected chi connectivity index (χ3v) is 3.71. The molecule has 3 rings (SSSR count). The molecule has 102 valence electrons. The van der Waals surface area contributed by atoms with Crippen molar-refractivity contribution in [2.75, 3.05) is 6.61 Å². The smallest absolute Gasteiger partial charge is 0.258 e. The van der Waals surface area contributed by atoms with E-state index in [0.29, 0.717) is 11.8 Å². The maximum Gasteiger partial charge on any atom is 0.258 e. The Morgan fingerprint density at radius 1 is 1.37 bits per heavy atom. The summed E-state index contributed by atoms with van der Waals surface area (Å²) < 4.78 is 5.50. The van der Waals surface area contributed by atoms with E-state index < -0.39 is 0 Å². The Labute approximate surface area is 112 Å². The third-order valence-electron chi connectivity index (χ3n) is 3.71. The lowest BCUT2D eigenvalue weighted by Gasteiger charge is -2.21. The van der Waals surface area contributed by atoms with Crippen LogP contribution in [0.5, 0.6) is 5.75 Å². The molecule has 0 saturated heterocycles. The number of carbonyl (C=O) groups excluding carboxylic acids is 1. The number of amides is 1. The van der Waals surface area contributed by atoms with E-state index in [-0.39, 0.29) is 18.6 Å². The van der Waals surface area contributed by atoms with E-state index in [9.17, 15) is 9.90 Å². The molecule has 0 aromatic heterocycles. The molecule has 0 spiro atoms. The molecule has 1 unspecified atom stereocenters. The topological polar surface area (TPSA) is 58.6 Å². The summed E-state index contributed by atoms with van der Waals surface area (Å²) in [5, 5.41) is 12.8. The van der Waals surface area contributed by atoms with Crippen molar-refractivity contribution in [2.24, 2.45) is 0 Å². The molecule has 1 aromatic rings. The highest BCUT2D eigenvalue weighted by Gasteiger charge is 2.23. The first-order valence-electron chi connectivity index (χ1n) is 6.95. The summed E-state index contributed by atoms with van der Waals surface area (Å²) in [5.74, 6) is 0.652. The van der Waals surface area contributed by atoms with Crippen LogP contribution in [0.15, 0.2) is 18.2 Å². The van der Waals surface area contributed by atoms with Crippen molar-refractivity contribution in [1.82, 2.24) is 5.32 Å². The van der Waals surface area contributed by atoms with Crippen LogP contribution in [0.4, 0.5) is 0 Å². The number of fused-ring (bicyclic) bond motifs is 1. The third kappa shape index (κ3) is 3.07. The number of carbonyl (C=O) groups is 1. The predicted molar refractivity (Wildman–Crippen MR) is 71.0 cm³/mol. The van der Waals surface area contributed by atoms with Gasteiger partial charge in [-0.05, 0) is 55.4 Å². The second kappa shape index (κ2) is 5.21. The maximum atomic E-state index is 11.5. The Balaban J connectivity index is 1.60. The van der Waals surface area contributed by atoms with Crippen molar-refractivity contribution in [2.45, 2.75) is 44.2 Å². The standard InChI is InChI=1S/C15H19NO3/c17-14-3-1-2-10-8-12(6-7-13(10)14)19-9-15(18)16-11-4-5-11/h6-8,11,14,17H,1-5,9H2,(H,16,18). The van der Waals surface area contributed by atoms with Gasteiger partial charge in [0, 0.05) is 6.04 Å². The van der Waals surface area contributed by atoms with Crippen molar-refractivity contribution >= 4 is 5.91 Å². The first-order valence-corrected chi connectivity index (χ1v) is 6.95. The lowest BCUT2D eigenvalue weighted by atomic mass is 9.89. The van der Waals surface area contributed by atoms with Crippen molar-refractivity contribution in [3.63, 3.8) is 0 Å². The zero-order chi connectivity index (χ0) is 13.2. The molecule has 1 amide bonds. The number of hydrogen-bond acceptors (Lipinski definition) is 3. The Hall–Kier alpha value is -1.55. The van der Waals surface area contributed by atoms with Crippen LogP contribution < -0.4 is 10.1 Å². The predicted octanol–water partition coefficient (Wildman–Crippen LogP) is 1.71. The van der Waals surface area contributed by atoms with Gasteiger partial charge in [0.15, 0.2) is 6.61 Å². The number of aryl methyl sites for hydroxylation is 1. The molecule has 1 atom stereocenters. The number of nitrogens with one attached hydrogen (secondary N) is 1. The largest absolute Gasteiger partial charge is 0.484 e. The van der Waals surface area contributed by atoms with Gasteiger partial charge in [-0.3, -0.25) is 4.79 Å². The minimum absolute atomic E-state index is 0.0553. The molecular weight excluding hydrogens is 242 g/mol. The van der Waals surface area contributed by atoms with Crippen LogP contribution in [0.25, 0.3) is 0 Å². The fourth-order valence-electron chi connectivity index (χ4n) is 2.50. The van der Waals surface area contributed by atoms with E-state index >= 15 is 0 Å². The minimum atomic E-state index is -0.351. The number of aliphatic hydroxyl groups is 1. The number of aliphatic hydroxyl groups excluding tert-OH is 1. The average Bonchev–Trinajstić information content (AvgIpc) is 3.20. The zero-order valence-electron chi connectivity index (χ0n) is 10.9. The highest BCUT2D eigenvalue weighted by atomic mass is 16.5. The summed E-state index contributed by atoms with van der Waals surface area (Å²) in [7, 11) is 0. The SMILES string of the molecule is O=C(COc1ccc2c(c1)CCCC2O)NC1CC1. The summed E-state index contributed by atoms with van der Waals surface area (Å²) >= 11 is 0. The van der Waals surface area contributed by atoms with Gasteiger partial charge in [0.2, 0.25) is 0 Å². The van der Waals surface area contributed by atoms with Gasteiger partial charge in [0.1, 0.15) is 5.75 Å². The van der Waals surface area contributed by atoms with Crippen LogP contribution in [-0.2, 0) is 11.2 Å². The van der Waals surface area contributed by atoms with Gasteiger partial charge in [0.25, 0.3) is 5.91 Å². The minimum Gasteiger partial charge on any atom is -0.484 e. The van der Waals surface area contributed by atoms with Gasteiger partial charge in [-0.25, -0.2) is 0 Å². The Morgan fingerprint density at radius 2 is 2.21 bits per heavy atom. The second-order valence-corrected chi connectivity index (χ2v) is 5.40. The molecule has 0 aliphatic heterocycles. The summed E-state index contributed by atoms with van der Waals surface area (Å²) in [5.41, 5.74) is 2.14. The molecule has 0 radical (unpaired) electrons. The number of ether oxygens (including phenoxy) is 1. The Kier molecular flexibility index (Phi) is 3.42. The second-order valence-electron chi connectivity index (χ2n) is 5.40. The lowest BCUT2D eigenvalue weighted by Crippen LogP contribution is -2.30. The van der Waals surface area contributed by atoms with Crippen molar-refractivity contribution < 1.29 is 14.6 Å². The van der Waals surface area contributed by atoms with Crippen LogP contribution in [0, 0.1) is 0 Å². The maximum absolute atomic E-state index is 11.5. The normalized spacial score (nSPS) is 21.6. The average molecular weight is 261 g/mol. The molecule has 1 saturated carbocycles. The van der Waals surface area contributed by atoms with Crippen LogP contribution >= 0.6 is 0 Å². The quantitative estimate of drug-likeness (QED) is 0.867. The molecule has 19 heavy (non-hydrogen) atoms. The molecule has 1 fully saturated rings. The van der Waals surface area contributed by atoms with E-state index in [2.05, 4.69) is 5.32 Å². The molecular formula is C15H19NO3. The van der Waals surface area contributed by atoms with E-state index in [0.717, 1.165) is 43.2 Å². The van der Waals surface area contributed by atoms with Gasteiger partial charge < -0.3 is 15.2 Å². The fourth-order valence-corrected chi connectivity index (χ4v) is 2.50. The summed E-state index contributed by atoms with van der Waals surface area (Å²) in [6, 6.07) is 6.06. The van der Waals surface area contributed by atoms with E-state index in [4.69, 9.17) is 4.74 Å². The lowest BCUT2D eigenvalue weighted by molar-refractivity contribution is -0.123. The molecule has 0 bridgehead atoms. The van der Waals surface area contributed by atoms with Gasteiger partial charge in [-0.15, -0.1) is 0 Å². The van der Waals surface area contributed by atoms with Crippen molar-refractivity contribution in [1.29, 1.82) is 0 Å². The highest BCUT2D eigenvalue weighted by molar-refractivity contribution is 5.78. The monoisotopic (exact) mass is 261 g/mol. The van der Waals surface area contributed by atoms with Crippen molar-refractivity contribution in [3.05, 3.63) is 29.3 Å². The van der Waals surface area contributed by atoms with E-state index in [1.54, 1.807) is 0 Å². The van der Waals surface area contributed by atoms with Crippen LogP contribution in [0.3, 0.4) is 0 Å². The summed E-state index contributed by atoms with van der Waals surface area (Å²) in [6.45, 7) is 0.0673. The highest BCUT2D eigenvalue weighted by Crippen LogP contribution is 2.31. The van der Waals surface area contributed by atoms with Crippen LogP contribution in [0.1, 0.15) is 42.9 Å². The van der Waals surface area contributed by atoms with Gasteiger partial charge in [-0.2, -0.15) is 0 Å². The molecule has 4 nitrogen and oxygen atoms in total. The molecule has 4 heteroatoms. The molecule has 0 heterocycles. The van der Waals surface area contributed by atoms with Gasteiger partial charge >= 0.3 is 0 Å². The molecule has 2 aliphatic carbocycles. The van der Waals surface area contributed by atoms with Gasteiger partial charge in [-0.1, -0.05) is 6.07 Å². The number of rotatable bonds is 4. The summed E-state index contributed by atoms with van der Waals surface area (Å²) in [6.07, 6.45) is 4.62. The van der Waals surface area contributed by atoms with E-state index in [1.807, 2.05) is 18.2 Å². The first kappa shape index (κ1) is 12.5. The Morgan fingerprint density at radius 3 is 3.00 bits per heavy atom. The van der Waals surface area contributed by atoms with Crippen LogP contribution in [-0.4, -0.2) is 23.7 Å². The van der Waals surface area contributed by atoms with Gasteiger partial charge in [0.05, 0.1) is 6.10 Å². The fraction of sp³-hybridized carbons (Fsp3) is 0.533. The zero-order valence-corrected chi connectivity index (χ0v) is 10.9. The van der Waals surface area contributed by atoms with Crippen molar-refractivity contribution in [3.8, 4) is 5.75 Å². The van der Waals surface area contributed by atoms with Crippen LogP contribution in [0.2, 0.25) is 0 Å².